The average molecular weight is 252 g/mol. The van der Waals surface area contributed by atoms with E-state index in [1.807, 2.05) is 0 Å². The molecule has 2 rings (SSSR count). The van der Waals surface area contributed by atoms with Crippen LogP contribution < -0.4 is 0 Å². The van der Waals surface area contributed by atoms with Gasteiger partial charge in [-0.15, -0.1) is 0 Å². The minimum Gasteiger partial charge on any atom is -0.478 e. The molecule has 1 aromatic heterocycles. The van der Waals surface area contributed by atoms with E-state index in [2.05, 4.69) is 4.98 Å². The molecule has 0 unspecified atom stereocenters. The lowest BCUT2D eigenvalue weighted by atomic mass is 10.2. The van der Waals surface area contributed by atoms with Gasteiger partial charge in [0.2, 0.25) is 0 Å². The molecular weight excluding hydrogens is 243 g/mol. The monoisotopic (exact) mass is 252 g/mol. The lowest BCUT2D eigenvalue weighted by Crippen LogP contribution is -1.97. The van der Waals surface area contributed by atoms with Gasteiger partial charge >= 0.3 is 5.97 Å². The summed E-state index contributed by atoms with van der Waals surface area (Å²) in [7, 11) is 1.79. The number of nitrogens with zero attached hydrogens (tertiary/aromatic N) is 2. The van der Waals surface area contributed by atoms with Gasteiger partial charge in [0.25, 0.3) is 0 Å². The number of aryl methyl sites for hydroxylation is 1. The molecule has 0 aliphatic rings. The molecule has 6 heteroatoms. The van der Waals surface area contributed by atoms with Crippen LogP contribution in [0.15, 0.2) is 40.6 Å². The summed E-state index contributed by atoms with van der Waals surface area (Å²) in [4.78, 5) is 15.1. The second-order valence-corrected chi connectivity index (χ2v) is 4.38. The highest BCUT2D eigenvalue weighted by molar-refractivity contribution is 7.99. The predicted molar refractivity (Wildman–Crippen MR) is 60.7 cm³/mol. The van der Waals surface area contributed by atoms with Crippen molar-refractivity contribution < 1.29 is 14.3 Å². The summed E-state index contributed by atoms with van der Waals surface area (Å²) < 4.78 is 15.2. The molecule has 0 fully saturated rings. The van der Waals surface area contributed by atoms with Gasteiger partial charge in [-0.1, -0.05) is 0 Å². The predicted octanol–water partition coefficient (Wildman–Crippen LogP) is 2.41. The number of rotatable bonds is 3. The maximum Gasteiger partial charge on any atom is 0.335 e. The SMILES string of the molecule is Cn1ccnc1Sc1cc(C(=O)O)ccc1F. The van der Waals surface area contributed by atoms with E-state index in [0.29, 0.717) is 5.16 Å². The highest BCUT2D eigenvalue weighted by Gasteiger charge is 2.11. The van der Waals surface area contributed by atoms with Gasteiger partial charge in [-0.25, -0.2) is 14.2 Å². The third-order valence-corrected chi connectivity index (χ3v) is 3.27. The zero-order chi connectivity index (χ0) is 12.4. The zero-order valence-electron chi connectivity index (χ0n) is 8.92. The maximum absolute atomic E-state index is 13.5. The first-order chi connectivity index (χ1) is 8.08. The lowest BCUT2D eigenvalue weighted by Gasteiger charge is -2.04. The molecule has 17 heavy (non-hydrogen) atoms. The molecule has 88 valence electrons. The molecule has 0 saturated carbocycles. The van der Waals surface area contributed by atoms with E-state index in [4.69, 9.17) is 5.11 Å². The van der Waals surface area contributed by atoms with Gasteiger partial charge in [0, 0.05) is 19.4 Å². The quantitative estimate of drug-likeness (QED) is 0.911. The van der Waals surface area contributed by atoms with Crippen LogP contribution in [0.2, 0.25) is 0 Å². The van der Waals surface area contributed by atoms with Crippen molar-refractivity contribution in [2.24, 2.45) is 7.05 Å². The van der Waals surface area contributed by atoms with Crippen molar-refractivity contribution in [2.75, 3.05) is 0 Å². The number of halogens is 1. The zero-order valence-corrected chi connectivity index (χ0v) is 9.74. The van der Waals surface area contributed by atoms with Crippen LogP contribution >= 0.6 is 11.8 Å². The smallest absolute Gasteiger partial charge is 0.335 e. The summed E-state index contributed by atoms with van der Waals surface area (Å²) >= 11 is 1.09. The molecule has 0 amide bonds. The van der Waals surface area contributed by atoms with E-state index in [-0.39, 0.29) is 10.5 Å². The molecule has 0 atom stereocenters. The molecule has 0 saturated heterocycles. The number of hydrogen-bond acceptors (Lipinski definition) is 3. The Morgan fingerprint density at radius 1 is 1.53 bits per heavy atom. The Morgan fingerprint density at radius 3 is 2.88 bits per heavy atom. The number of aromatic nitrogens is 2. The number of carboxylic acid groups (broad SMARTS) is 1. The molecule has 0 aliphatic heterocycles. The molecular formula is C11H9FN2O2S. The fraction of sp³-hybridized carbons (Fsp3) is 0.0909. The number of benzene rings is 1. The van der Waals surface area contributed by atoms with Crippen LogP contribution in [0.5, 0.6) is 0 Å². The molecule has 0 bridgehead atoms. The van der Waals surface area contributed by atoms with Crippen molar-refractivity contribution in [1.82, 2.24) is 9.55 Å². The highest BCUT2D eigenvalue weighted by atomic mass is 32.2. The van der Waals surface area contributed by atoms with Gasteiger partial charge in [0.15, 0.2) is 5.16 Å². The van der Waals surface area contributed by atoms with Crippen molar-refractivity contribution >= 4 is 17.7 Å². The second kappa shape index (κ2) is 4.58. The summed E-state index contributed by atoms with van der Waals surface area (Å²) in [6.45, 7) is 0. The number of imidazole rings is 1. The largest absolute Gasteiger partial charge is 0.478 e. The minimum absolute atomic E-state index is 0.0584. The van der Waals surface area contributed by atoms with Crippen molar-refractivity contribution in [3.05, 3.63) is 42.0 Å². The van der Waals surface area contributed by atoms with Crippen LogP contribution in [0.3, 0.4) is 0 Å². The van der Waals surface area contributed by atoms with Crippen molar-refractivity contribution in [2.45, 2.75) is 10.1 Å². The summed E-state index contributed by atoms with van der Waals surface area (Å²) in [6.07, 6.45) is 3.34. The standard InChI is InChI=1S/C11H9FN2O2S/c1-14-5-4-13-11(14)17-9-6-7(10(15)16)2-3-8(9)12/h2-6H,1H3,(H,15,16). The van der Waals surface area contributed by atoms with Gasteiger partial charge < -0.3 is 9.67 Å². The van der Waals surface area contributed by atoms with Gasteiger partial charge in [-0.05, 0) is 30.0 Å². The first-order valence-electron chi connectivity index (χ1n) is 4.76. The van der Waals surface area contributed by atoms with Crippen LogP contribution in [0, 0.1) is 5.82 Å². The Kier molecular flexibility index (Phi) is 3.14. The van der Waals surface area contributed by atoms with E-state index >= 15 is 0 Å². The Morgan fingerprint density at radius 2 is 2.29 bits per heavy atom. The van der Waals surface area contributed by atoms with Crippen molar-refractivity contribution in [3.63, 3.8) is 0 Å². The lowest BCUT2D eigenvalue weighted by molar-refractivity contribution is 0.0696. The van der Waals surface area contributed by atoms with Crippen LogP contribution in [-0.4, -0.2) is 20.6 Å². The second-order valence-electron chi connectivity index (χ2n) is 3.37. The number of carbonyl (C=O) groups is 1. The van der Waals surface area contributed by atoms with E-state index in [0.717, 1.165) is 17.8 Å². The molecule has 0 radical (unpaired) electrons. The fourth-order valence-electron chi connectivity index (χ4n) is 1.26. The first-order valence-corrected chi connectivity index (χ1v) is 5.57. The Hall–Kier alpha value is -1.82. The first kappa shape index (κ1) is 11.7. The Balaban J connectivity index is 2.35. The summed E-state index contributed by atoms with van der Waals surface area (Å²) in [5, 5.41) is 9.43. The number of hydrogen-bond donors (Lipinski definition) is 1. The van der Waals surface area contributed by atoms with Crippen LogP contribution in [-0.2, 0) is 7.05 Å². The molecule has 1 N–H and O–H groups in total. The average Bonchev–Trinajstić information content (AvgIpc) is 2.67. The van der Waals surface area contributed by atoms with Crippen LogP contribution in [0.4, 0.5) is 4.39 Å². The van der Waals surface area contributed by atoms with Gasteiger partial charge in [0.05, 0.1) is 10.5 Å². The molecule has 4 nitrogen and oxygen atoms in total. The Labute approximate surface area is 101 Å². The van der Waals surface area contributed by atoms with Crippen LogP contribution in [0.25, 0.3) is 0 Å². The summed E-state index contributed by atoms with van der Waals surface area (Å²) in [5.74, 6) is -1.53. The van der Waals surface area contributed by atoms with E-state index in [9.17, 15) is 9.18 Å². The van der Waals surface area contributed by atoms with Crippen molar-refractivity contribution in [3.8, 4) is 0 Å². The summed E-state index contributed by atoms with van der Waals surface area (Å²) in [6, 6.07) is 3.69. The van der Waals surface area contributed by atoms with Gasteiger partial charge in [-0.2, -0.15) is 0 Å². The van der Waals surface area contributed by atoms with E-state index in [1.54, 1.807) is 24.0 Å². The van der Waals surface area contributed by atoms with Gasteiger partial charge in [-0.3, -0.25) is 0 Å². The molecule has 0 spiro atoms. The van der Waals surface area contributed by atoms with Crippen LogP contribution in [0.1, 0.15) is 10.4 Å². The maximum atomic E-state index is 13.5. The van der Waals surface area contributed by atoms with E-state index < -0.39 is 11.8 Å². The summed E-state index contributed by atoms with van der Waals surface area (Å²) in [5.41, 5.74) is 0.0584. The normalized spacial score (nSPS) is 10.5. The molecule has 0 aliphatic carbocycles. The van der Waals surface area contributed by atoms with Gasteiger partial charge in [0.1, 0.15) is 5.82 Å². The molecule has 1 heterocycles. The fourth-order valence-corrected chi connectivity index (χ4v) is 2.13. The number of aromatic carboxylic acids is 1. The van der Waals surface area contributed by atoms with E-state index in [1.165, 1.54) is 12.1 Å². The third-order valence-electron chi connectivity index (χ3n) is 2.16. The topological polar surface area (TPSA) is 55.1 Å². The third kappa shape index (κ3) is 2.47. The minimum atomic E-state index is -1.08. The number of carboxylic acids is 1. The molecule has 1 aromatic carbocycles. The highest BCUT2D eigenvalue weighted by Crippen LogP contribution is 2.28. The molecule has 2 aromatic rings. The van der Waals surface area contributed by atoms with Crippen molar-refractivity contribution in [1.29, 1.82) is 0 Å². The Bertz CT molecular complexity index is 568.